The first-order valence-electron chi connectivity index (χ1n) is 6.78. The minimum atomic E-state index is 0.394. The van der Waals surface area contributed by atoms with Gasteiger partial charge in [0.25, 0.3) is 0 Å². The van der Waals surface area contributed by atoms with E-state index >= 15 is 0 Å². The lowest BCUT2D eigenvalue weighted by Crippen LogP contribution is -2.24. The molecular weight excluding hydrogens is 210 g/mol. The van der Waals surface area contributed by atoms with Crippen LogP contribution in [-0.2, 0) is 6.54 Å². The van der Waals surface area contributed by atoms with Gasteiger partial charge in [-0.1, -0.05) is 31.5 Å². The molecule has 0 saturated heterocycles. The quantitative estimate of drug-likeness (QED) is 0.864. The van der Waals surface area contributed by atoms with Gasteiger partial charge in [0, 0.05) is 12.1 Å². The number of hydrogen-bond donors (Lipinski definition) is 1. The Kier molecular flexibility index (Phi) is 4.43. The number of para-hydroxylation sites is 1. The maximum absolute atomic E-state index is 6.09. The van der Waals surface area contributed by atoms with Crippen LogP contribution in [0.2, 0.25) is 0 Å². The second-order valence-electron chi connectivity index (χ2n) is 4.98. The summed E-state index contributed by atoms with van der Waals surface area (Å²) in [6.45, 7) is 2.84. The van der Waals surface area contributed by atoms with E-state index in [1.54, 1.807) is 0 Å². The molecule has 2 rings (SSSR count). The summed E-state index contributed by atoms with van der Waals surface area (Å²) in [5, 5.41) is 0. The maximum Gasteiger partial charge on any atom is 0.124 e. The first-order valence-corrected chi connectivity index (χ1v) is 6.78. The third kappa shape index (κ3) is 3.22. The zero-order valence-corrected chi connectivity index (χ0v) is 10.7. The van der Waals surface area contributed by atoms with E-state index < -0.39 is 0 Å². The molecule has 1 aromatic carbocycles. The summed E-state index contributed by atoms with van der Waals surface area (Å²) in [6, 6.07) is 8.12. The van der Waals surface area contributed by atoms with Crippen molar-refractivity contribution < 1.29 is 4.74 Å². The van der Waals surface area contributed by atoms with E-state index in [0.29, 0.717) is 12.6 Å². The molecule has 94 valence electrons. The summed E-state index contributed by atoms with van der Waals surface area (Å²) >= 11 is 0. The molecular formula is C15H23NO. The van der Waals surface area contributed by atoms with Gasteiger partial charge in [0.15, 0.2) is 0 Å². The van der Waals surface area contributed by atoms with Crippen LogP contribution in [0, 0.1) is 5.92 Å². The van der Waals surface area contributed by atoms with Gasteiger partial charge < -0.3 is 10.5 Å². The predicted octanol–water partition coefficient (Wildman–Crippen LogP) is 3.49. The molecule has 0 heterocycles. The second-order valence-corrected chi connectivity index (χ2v) is 4.98. The lowest BCUT2D eigenvalue weighted by molar-refractivity contribution is 0.129. The largest absolute Gasteiger partial charge is 0.490 e. The van der Waals surface area contributed by atoms with E-state index in [1.807, 2.05) is 24.3 Å². The Labute approximate surface area is 104 Å². The number of rotatable bonds is 4. The summed E-state index contributed by atoms with van der Waals surface area (Å²) in [6.07, 6.45) is 6.71. The van der Waals surface area contributed by atoms with Crippen LogP contribution in [0.15, 0.2) is 24.3 Å². The third-order valence-electron chi connectivity index (χ3n) is 3.86. The average Bonchev–Trinajstić information content (AvgIpc) is 2.40. The van der Waals surface area contributed by atoms with Crippen LogP contribution in [0.1, 0.15) is 44.6 Å². The molecule has 1 aliphatic rings. The molecule has 0 aromatic heterocycles. The Balaban J connectivity index is 1.93. The van der Waals surface area contributed by atoms with Crippen LogP contribution >= 0.6 is 0 Å². The van der Waals surface area contributed by atoms with E-state index in [0.717, 1.165) is 17.2 Å². The second kappa shape index (κ2) is 6.06. The molecule has 1 aromatic rings. The SMILES string of the molecule is CCC1CCC(Oc2ccccc2CN)CC1. The molecule has 2 nitrogen and oxygen atoms in total. The average molecular weight is 233 g/mol. The molecule has 17 heavy (non-hydrogen) atoms. The van der Waals surface area contributed by atoms with Crippen molar-refractivity contribution in [2.75, 3.05) is 0 Å². The van der Waals surface area contributed by atoms with Crippen LogP contribution in [0.25, 0.3) is 0 Å². The van der Waals surface area contributed by atoms with Gasteiger partial charge in [-0.15, -0.1) is 0 Å². The van der Waals surface area contributed by atoms with Gasteiger partial charge >= 0.3 is 0 Å². The standard InChI is InChI=1S/C15H23NO/c1-2-12-7-9-14(10-8-12)17-15-6-4-3-5-13(15)11-16/h3-6,12,14H,2,7-11,16H2,1H3. The van der Waals surface area contributed by atoms with E-state index in [1.165, 1.54) is 32.1 Å². The van der Waals surface area contributed by atoms with E-state index in [4.69, 9.17) is 10.5 Å². The Morgan fingerprint density at radius 1 is 1.18 bits per heavy atom. The third-order valence-corrected chi connectivity index (χ3v) is 3.86. The molecule has 0 bridgehead atoms. The molecule has 0 amide bonds. The van der Waals surface area contributed by atoms with Crippen molar-refractivity contribution in [3.8, 4) is 5.75 Å². The van der Waals surface area contributed by atoms with Gasteiger partial charge in [0.2, 0.25) is 0 Å². The lowest BCUT2D eigenvalue weighted by atomic mass is 9.86. The Hall–Kier alpha value is -1.02. The molecule has 1 fully saturated rings. The number of hydrogen-bond acceptors (Lipinski definition) is 2. The Morgan fingerprint density at radius 2 is 1.88 bits per heavy atom. The molecule has 2 N–H and O–H groups in total. The highest BCUT2D eigenvalue weighted by molar-refractivity contribution is 5.33. The van der Waals surface area contributed by atoms with Crippen molar-refractivity contribution in [2.24, 2.45) is 11.7 Å². The molecule has 1 aliphatic carbocycles. The zero-order chi connectivity index (χ0) is 12.1. The van der Waals surface area contributed by atoms with Crippen LogP contribution in [-0.4, -0.2) is 6.10 Å². The Bertz CT molecular complexity index is 343. The van der Waals surface area contributed by atoms with E-state index in [2.05, 4.69) is 6.92 Å². The van der Waals surface area contributed by atoms with Crippen LogP contribution in [0.3, 0.4) is 0 Å². The minimum Gasteiger partial charge on any atom is -0.490 e. The van der Waals surface area contributed by atoms with Crippen molar-refractivity contribution in [2.45, 2.75) is 51.7 Å². The van der Waals surface area contributed by atoms with Gasteiger partial charge in [-0.3, -0.25) is 0 Å². The van der Waals surface area contributed by atoms with Crippen molar-refractivity contribution in [1.82, 2.24) is 0 Å². The highest BCUT2D eigenvalue weighted by atomic mass is 16.5. The predicted molar refractivity (Wildman–Crippen MR) is 71.0 cm³/mol. The van der Waals surface area contributed by atoms with Crippen molar-refractivity contribution in [3.63, 3.8) is 0 Å². The monoisotopic (exact) mass is 233 g/mol. The smallest absolute Gasteiger partial charge is 0.124 e. The van der Waals surface area contributed by atoms with Gasteiger partial charge in [-0.25, -0.2) is 0 Å². The molecule has 1 saturated carbocycles. The first-order chi connectivity index (χ1) is 8.33. The van der Waals surface area contributed by atoms with Gasteiger partial charge in [0.1, 0.15) is 5.75 Å². The molecule has 0 unspecified atom stereocenters. The van der Waals surface area contributed by atoms with Crippen LogP contribution < -0.4 is 10.5 Å². The zero-order valence-electron chi connectivity index (χ0n) is 10.7. The number of nitrogens with two attached hydrogens (primary N) is 1. The summed E-state index contributed by atoms with van der Waals surface area (Å²) in [5.74, 6) is 1.90. The fraction of sp³-hybridized carbons (Fsp3) is 0.600. The minimum absolute atomic E-state index is 0.394. The fourth-order valence-electron chi connectivity index (χ4n) is 2.62. The lowest BCUT2D eigenvalue weighted by Gasteiger charge is -2.28. The normalized spacial score (nSPS) is 24.6. The summed E-state index contributed by atoms with van der Waals surface area (Å²) in [7, 11) is 0. The summed E-state index contributed by atoms with van der Waals surface area (Å²) in [5.41, 5.74) is 6.84. The number of benzene rings is 1. The van der Waals surface area contributed by atoms with Crippen molar-refractivity contribution in [1.29, 1.82) is 0 Å². The van der Waals surface area contributed by atoms with Gasteiger partial charge in [-0.05, 0) is 37.7 Å². The highest BCUT2D eigenvalue weighted by Gasteiger charge is 2.21. The Morgan fingerprint density at radius 3 is 2.53 bits per heavy atom. The highest BCUT2D eigenvalue weighted by Crippen LogP contribution is 2.30. The van der Waals surface area contributed by atoms with E-state index in [9.17, 15) is 0 Å². The molecule has 0 atom stereocenters. The van der Waals surface area contributed by atoms with Gasteiger partial charge in [-0.2, -0.15) is 0 Å². The first kappa shape index (κ1) is 12.4. The molecule has 0 radical (unpaired) electrons. The molecule has 2 heteroatoms. The van der Waals surface area contributed by atoms with Gasteiger partial charge in [0.05, 0.1) is 6.10 Å². The summed E-state index contributed by atoms with van der Waals surface area (Å²) < 4.78 is 6.09. The van der Waals surface area contributed by atoms with Crippen molar-refractivity contribution >= 4 is 0 Å². The van der Waals surface area contributed by atoms with Crippen molar-refractivity contribution in [3.05, 3.63) is 29.8 Å². The topological polar surface area (TPSA) is 35.2 Å². The van der Waals surface area contributed by atoms with E-state index in [-0.39, 0.29) is 0 Å². The molecule has 0 spiro atoms. The number of ether oxygens (including phenoxy) is 1. The fourth-order valence-corrected chi connectivity index (χ4v) is 2.62. The maximum atomic E-state index is 6.09. The molecule has 0 aliphatic heterocycles. The summed E-state index contributed by atoms with van der Waals surface area (Å²) in [4.78, 5) is 0. The van der Waals surface area contributed by atoms with Crippen LogP contribution in [0.4, 0.5) is 0 Å². The van der Waals surface area contributed by atoms with Crippen LogP contribution in [0.5, 0.6) is 5.75 Å².